The van der Waals surface area contributed by atoms with Crippen molar-refractivity contribution < 1.29 is 27.3 Å². The predicted molar refractivity (Wildman–Crippen MR) is 111 cm³/mol. The van der Waals surface area contributed by atoms with Gasteiger partial charge in [-0.25, -0.2) is 18.0 Å². The number of amides is 1. The van der Waals surface area contributed by atoms with Gasteiger partial charge in [-0.15, -0.1) is 0 Å². The molecule has 1 heterocycles. The van der Waals surface area contributed by atoms with Gasteiger partial charge >= 0.3 is 11.7 Å². The van der Waals surface area contributed by atoms with Crippen molar-refractivity contribution in [2.45, 2.75) is 11.8 Å². The highest BCUT2D eigenvalue weighted by atomic mass is 32.2. The van der Waals surface area contributed by atoms with E-state index >= 15 is 0 Å². The number of rotatable bonds is 5. The minimum Gasteiger partial charge on any atom is -0.421 e. The maximum absolute atomic E-state index is 12.7. The van der Waals surface area contributed by atoms with Crippen LogP contribution < -0.4 is 15.1 Å². The fraction of sp³-hybridized carbons (Fsp3) is 0.158. The summed E-state index contributed by atoms with van der Waals surface area (Å²) in [6.07, 6.45) is -0.632. The molecule has 0 saturated heterocycles. The molecule has 1 N–H and O–H groups in total. The van der Waals surface area contributed by atoms with Crippen molar-refractivity contribution in [1.82, 2.24) is 4.90 Å². The summed E-state index contributed by atoms with van der Waals surface area (Å²) >= 11 is 0. The van der Waals surface area contributed by atoms with Crippen LogP contribution in [0.15, 0.2) is 56.6 Å². The molecule has 0 saturated carbocycles. The summed E-state index contributed by atoms with van der Waals surface area (Å²) < 4.78 is 37.9. The number of carbonyl (C=O) groups excluding carboxylic acids is 1. The zero-order valence-electron chi connectivity index (χ0n) is 16.6. The molecule has 11 nitrogen and oxygen atoms in total. The smallest absolute Gasteiger partial charge is 0.414 e. The van der Waals surface area contributed by atoms with Crippen LogP contribution in [0.3, 0.4) is 0 Å². The SMILES string of the molecule is Cc1c(NS(=O)(=O)c2ccccc2[N+](=O)[O-])c(=O)oc2cc(OC(=O)N(C)C)ccc12. The summed E-state index contributed by atoms with van der Waals surface area (Å²) in [5, 5.41) is 11.6. The number of carbonyl (C=O) groups is 1. The van der Waals surface area contributed by atoms with E-state index in [-0.39, 0.29) is 22.6 Å². The van der Waals surface area contributed by atoms with Gasteiger partial charge in [0.1, 0.15) is 17.0 Å². The number of nitro groups is 1. The molecular formula is C19H17N3O8S. The molecule has 1 aromatic heterocycles. The fourth-order valence-corrected chi connectivity index (χ4v) is 4.02. The molecule has 0 radical (unpaired) electrons. The second-order valence-corrected chi connectivity index (χ2v) is 8.29. The van der Waals surface area contributed by atoms with Gasteiger partial charge in [0.15, 0.2) is 4.90 Å². The lowest BCUT2D eigenvalue weighted by atomic mass is 10.1. The van der Waals surface area contributed by atoms with Gasteiger partial charge in [0, 0.05) is 31.6 Å². The molecule has 0 aliphatic rings. The maximum atomic E-state index is 12.7. The number of nitrogens with zero attached hydrogens (tertiary/aromatic N) is 2. The van der Waals surface area contributed by atoms with Gasteiger partial charge in [0.2, 0.25) is 0 Å². The van der Waals surface area contributed by atoms with Crippen LogP contribution in [0.4, 0.5) is 16.2 Å². The summed E-state index contributed by atoms with van der Waals surface area (Å²) in [5.41, 5.74) is -1.73. The number of para-hydroxylation sites is 1. The predicted octanol–water partition coefficient (Wildman–Crippen LogP) is 2.87. The van der Waals surface area contributed by atoms with Crippen molar-refractivity contribution in [1.29, 1.82) is 0 Å². The lowest BCUT2D eigenvalue weighted by Gasteiger charge is -2.13. The standard InChI is InChI=1S/C19H17N3O8S/c1-11-13-9-8-12(29-19(24)21(2)3)10-15(13)30-18(23)17(11)20-31(27,28)16-7-5-4-6-14(16)22(25)26/h4-10,20H,1-3H3. The first-order valence-corrected chi connectivity index (χ1v) is 10.2. The second-order valence-electron chi connectivity index (χ2n) is 6.64. The van der Waals surface area contributed by atoms with Crippen molar-refractivity contribution in [2.24, 2.45) is 0 Å². The van der Waals surface area contributed by atoms with E-state index in [0.29, 0.717) is 5.39 Å². The molecule has 0 atom stereocenters. The lowest BCUT2D eigenvalue weighted by Crippen LogP contribution is -2.25. The number of benzene rings is 2. The maximum Gasteiger partial charge on any atom is 0.414 e. The Labute approximate surface area is 176 Å². The largest absolute Gasteiger partial charge is 0.421 e. The lowest BCUT2D eigenvalue weighted by molar-refractivity contribution is -0.387. The Hall–Kier alpha value is -3.93. The Morgan fingerprint density at radius 2 is 1.87 bits per heavy atom. The quantitative estimate of drug-likeness (QED) is 0.356. The Balaban J connectivity index is 2.05. The number of ether oxygens (including phenoxy) is 1. The summed E-state index contributed by atoms with van der Waals surface area (Å²) in [5.74, 6) is 0.127. The molecule has 0 aliphatic carbocycles. The molecule has 0 fully saturated rings. The van der Waals surface area contributed by atoms with E-state index in [9.17, 15) is 28.1 Å². The van der Waals surface area contributed by atoms with E-state index < -0.39 is 37.2 Å². The van der Waals surface area contributed by atoms with Gasteiger partial charge in [-0.05, 0) is 30.7 Å². The van der Waals surface area contributed by atoms with Crippen LogP contribution in [-0.2, 0) is 10.0 Å². The molecule has 162 valence electrons. The summed E-state index contributed by atoms with van der Waals surface area (Å²) in [6, 6.07) is 9.03. The molecule has 0 aliphatic heterocycles. The summed E-state index contributed by atoms with van der Waals surface area (Å²) in [4.78, 5) is 35.1. The average molecular weight is 447 g/mol. The van der Waals surface area contributed by atoms with E-state index in [1.165, 1.54) is 56.3 Å². The number of hydrogen-bond acceptors (Lipinski definition) is 8. The van der Waals surface area contributed by atoms with Crippen molar-refractivity contribution in [2.75, 3.05) is 18.8 Å². The highest BCUT2D eigenvalue weighted by Crippen LogP contribution is 2.29. The van der Waals surface area contributed by atoms with Crippen LogP contribution in [0.2, 0.25) is 0 Å². The van der Waals surface area contributed by atoms with Crippen LogP contribution in [0, 0.1) is 17.0 Å². The molecule has 0 unspecified atom stereocenters. The molecule has 1 amide bonds. The monoisotopic (exact) mass is 447 g/mol. The number of sulfonamides is 1. The van der Waals surface area contributed by atoms with Crippen molar-refractivity contribution in [3.63, 3.8) is 0 Å². The van der Waals surface area contributed by atoms with E-state index in [0.717, 1.165) is 12.1 Å². The number of fused-ring (bicyclic) bond motifs is 1. The van der Waals surface area contributed by atoms with Gasteiger partial charge in [-0.2, -0.15) is 0 Å². The van der Waals surface area contributed by atoms with E-state index in [1.807, 2.05) is 0 Å². The third-order valence-electron chi connectivity index (χ3n) is 4.30. The van der Waals surface area contributed by atoms with Crippen LogP contribution in [0.25, 0.3) is 11.0 Å². The van der Waals surface area contributed by atoms with E-state index in [4.69, 9.17) is 9.15 Å². The first-order valence-electron chi connectivity index (χ1n) is 8.74. The number of nitrogens with one attached hydrogen (secondary N) is 1. The summed E-state index contributed by atoms with van der Waals surface area (Å²) in [7, 11) is -1.46. The topological polar surface area (TPSA) is 149 Å². The minimum absolute atomic E-state index is 0.0696. The molecule has 2 aromatic carbocycles. The third kappa shape index (κ3) is 4.33. The van der Waals surface area contributed by atoms with Crippen LogP contribution in [-0.4, -0.2) is 38.4 Å². The zero-order chi connectivity index (χ0) is 22.9. The first-order chi connectivity index (χ1) is 14.5. The van der Waals surface area contributed by atoms with Crippen molar-refractivity contribution >= 4 is 38.5 Å². The van der Waals surface area contributed by atoms with Crippen LogP contribution >= 0.6 is 0 Å². The number of aryl methyl sites for hydroxylation is 1. The highest BCUT2D eigenvalue weighted by Gasteiger charge is 2.27. The fourth-order valence-electron chi connectivity index (χ4n) is 2.73. The second kappa shape index (κ2) is 8.07. The van der Waals surface area contributed by atoms with Crippen molar-refractivity contribution in [3.05, 3.63) is 68.6 Å². The van der Waals surface area contributed by atoms with Crippen molar-refractivity contribution in [3.8, 4) is 5.75 Å². The molecular weight excluding hydrogens is 430 g/mol. The van der Waals surface area contributed by atoms with Crippen LogP contribution in [0.1, 0.15) is 5.56 Å². The van der Waals surface area contributed by atoms with Crippen LogP contribution in [0.5, 0.6) is 5.75 Å². The molecule has 12 heteroatoms. The molecule has 3 aromatic rings. The highest BCUT2D eigenvalue weighted by molar-refractivity contribution is 7.92. The molecule has 31 heavy (non-hydrogen) atoms. The minimum atomic E-state index is -4.46. The van der Waals surface area contributed by atoms with Gasteiger partial charge in [0.25, 0.3) is 15.7 Å². The van der Waals surface area contributed by atoms with Gasteiger partial charge in [0.05, 0.1) is 4.92 Å². The number of nitro benzene ring substituents is 1. The first kappa shape index (κ1) is 21.8. The third-order valence-corrected chi connectivity index (χ3v) is 5.69. The molecule has 3 rings (SSSR count). The van der Waals surface area contributed by atoms with Gasteiger partial charge in [-0.3, -0.25) is 14.8 Å². The Morgan fingerprint density at radius 1 is 1.19 bits per heavy atom. The van der Waals surface area contributed by atoms with E-state index in [2.05, 4.69) is 4.72 Å². The molecule has 0 bridgehead atoms. The number of hydrogen-bond donors (Lipinski definition) is 1. The zero-order valence-corrected chi connectivity index (χ0v) is 17.4. The Bertz CT molecular complexity index is 1360. The Morgan fingerprint density at radius 3 is 2.52 bits per heavy atom. The number of anilines is 1. The normalized spacial score (nSPS) is 11.2. The Kier molecular flexibility index (Phi) is 5.66. The van der Waals surface area contributed by atoms with Gasteiger partial charge < -0.3 is 14.1 Å². The average Bonchev–Trinajstić information content (AvgIpc) is 2.70. The van der Waals surface area contributed by atoms with E-state index in [1.54, 1.807) is 0 Å². The van der Waals surface area contributed by atoms with Gasteiger partial charge in [-0.1, -0.05) is 12.1 Å². The molecule has 0 spiro atoms. The summed E-state index contributed by atoms with van der Waals surface area (Å²) in [6.45, 7) is 1.49.